The number of phenols is 1. The van der Waals surface area contributed by atoms with Gasteiger partial charge in [-0.05, 0) is 57.6 Å². The maximum absolute atomic E-state index is 14.4. The summed E-state index contributed by atoms with van der Waals surface area (Å²) in [6, 6.07) is 2.74. The minimum absolute atomic E-state index is 0.00989. The largest absolute Gasteiger partial charge is 0.508 e. The van der Waals surface area contributed by atoms with Crippen LogP contribution in [-0.4, -0.2) is 83.0 Å². The van der Waals surface area contributed by atoms with E-state index in [0.717, 1.165) is 49.9 Å². The van der Waals surface area contributed by atoms with Crippen molar-refractivity contribution >= 4 is 29.4 Å². The minimum atomic E-state index is -0.874. The molecule has 0 bridgehead atoms. The molecule has 1 aromatic carbocycles. The van der Waals surface area contributed by atoms with Gasteiger partial charge in [-0.1, -0.05) is 18.0 Å². The second kappa shape index (κ2) is 12.7. The topological polar surface area (TPSA) is 129 Å². The van der Waals surface area contributed by atoms with Crippen molar-refractivity contribution < 1.29 is 28.6 Å². The molecule has 3 N–H and O–H groups in total. The Hall–Kier alpha value is -3.38. The van der Waals surface area contributed by atoms with E-state index in [1.165, 1.54) is 6.07 Å². The zero-order valence-corrected chi connectivity index (χ0v) is 24.9. The number of nitrogens with one attached hydrogen (secondary N) is 2. The predicted octanol–water partition coefficient (Wildman–Crippen LogP) is 3.67. The SMILES string of the molecule is O=C1CN(c2nc(OC[C@@]34CCCN3C[C@H](F)C4)nc3c2COc2cc(O)cc(Cl)c2CCCCC3)CCCNC(=O)N1. The second-order valence-corrected chi connectivity index (χ2v) is 12.4. The highest BCUT2D eigenvalue weighted by atomic mass is 35.5. The zero-order chi connectivity index (χ0) is 30.0. The summed E-state index contributed by atoms with van der Waals surface area (Å²) in [7, 11) is 0. The van der Waals surface area contributed by atoms with Crippen molar-refractivity contribution in [2.75, 3.05) is 44.2 Å². The molecule has 0 unspecified atom stereocenters. The molecule has 4 aliphatic heterocycles. The number of alkyl halides is 1. The van der Waals surface area contributed by atoms with Gasteiger partial charge in [-0.15, -0.1) is 0 Å². The highest BCUT2D eigenvalue weighted by Gasteiger charge is 2.49. The molecule has 13 heteroatoms. The minimum Gasteiger partial charge on any atom is -0.508 e. The van der Waals surface area contributed by atoms with Gasteiger partial charge in [0.2, 0.25) is 5.91 Å². The van der Waals surface area contributed by atoms with Gasteiger partial charge < -0.3 is 24.8 Å². The predicted molar refractivity (Wildman–Crippen MR) is 158 cm³/mol. The molecule has 0 aliphatic carbocycles. The lowest BCUT2D eigenvalue weighted by atomic mass is 9.95. The summed E-state index contributed by atoms with van der Waals surface area (Å²) in [5.41, 5.74) is 1.93. The lowest BCUT2D eigenvalue weighted by molar-refractivity contribution is -0.118. The third-order valence-electron chi connectivity index (χ3n) is 8.91. The van der Waals surface area contributed by atoms with Crippen molar-refractivity contribution in [1.82, 2.24) is 25.5 Å². The number of rotatable bonds is 4. The number of carbonyl (C=O) groups excluding carboxylic acids is 2. The van der Waals surface area contributed by atoms with Crippen LogP contribution < -0.4 is 25.0 Å². The highest BCUT2D eigenvalue weighted by molar-refractivity contribution is 6.31. The van der Waals surface area contributed by atoms with Crippen molar-refractivity contribution in [1.29, 1.82) is 0 Å². The van der Waals surface area contributed by atoms with Gasteiger partial charge >= 0.3 is 12.0 Å². The van der Waals surface area contributed by atoms with E-state index in [-0.39, 0.29) is 37.1 Å². The van der Waals surface area contributed by atoms with Crippen LogP contribution >= 0.6 is 11.6 Å². The summed E-state index contributed by atoms with van der Waals surface area (Å²) in [4.78, 5) is 38.5. The molecule has 6 rings (SSSR count). The third kappa shape index (κ3) is 6.59. The lowest BCUT2D eigenvalue weighted by Crippen LogP contribution is -2.44. The van der Waals surface area contributed by atoms with E-state index in [2.05, 4.69) is 15.5 Å². The van der Waals surface area contributed by atoms with Gasteiger partial charge in [-0.2, -0.15) is 9.97 Å². The normalized spacial score (nSPS) is 25.1. The van der Waals surface area contributed by atoms with Gasteiger partial charge in [0.1, 0.15) is 36.7 Å². The molecule has 3 saturated heterocycles. The number of halogens is 2. The number of aromatic hydroxyl groups is 1. The molecule has 3 fully saturated rings. The van der Waals surface area contributed by atoms with Gasteiger partial charge in [-0.25, -0.2) is 9.18 Å². The molecule has 1 aromatic heterocycles. The fourth-order valence-electron chi connectivity index (χ4n) is 6.83. The molecule has 43 heavy (non-hydrogen) atoms. The maximum Gasteiger partial charge on any atom is 0.321 e. The van der Waals surface area contributed by atoms with Crippen molar-refractivity contribution in [2.45, 2.75) is 76.1 Å². The summed E-state index contributed by atoms with van der Waals surface area (Å²) < 4.78 is 27.0. The first-order valence-electron chi connectivity index (χ1n) is 15.2. The number of urea groups is 1. The Labute approximate surface area is 255 Å². The smallest absolute Gasteiger partial charge is 0.321 e. The van der Waals surface area contributed by atoms with Crippen LogP contribution in [0.5, 0.6) is 17.5 Å². The number of nitrogens with zero attached hydrogens (tertiary/aromatic N) is 4. The number of hydrogen-bond acceptors (Lipinski definition) is 9. The Bertz CT molecular complexity index is 1380. The summed E-state index contributed by atoms with van der Waals surface area (Å²) in [5, 5.41) is 15.7. The van der Waals surface area contributed by atoms with E-state index < -0.39 is 18.1 Å². The Balaban J connectivity index is 1.37. The molecule has 2 aromatic rings. The summed E-state index contributed by atoms with van der Waals surface area (Å²) in [6.07, 6.45) is 6.01. The van der Waals surface area contributed by atoms with Crippen molar-refractivity contribution in [3.8, 4) is 17.5 Å². The Morgan fingerprint density at radius 1 is 1.12 bits per heavy atom. The Morgan fingerprint density at radius 3 is 2.86 bits per heavy atom. The average Bonchev–Trinajstić information content (AvgIpc) is 3.49. The molecule has 0 spiro atoms. The van der Waals surface area contributed by atoms with Gasteiger partial charge in [0, 0.05) is 37.7 Å². The van der Waals surface area contributed by atoms with Crippen LogP contribution in [0.4, 0.5) is 15.0 Å². The molecule has 5 heterocycles. The average molecular weight is 617 g/mol. The highest BCUT2D eigenvalue weighted by Crippen LogP contribution is 2.41. The number of hydrogen-bond donors (Lipinski definition) is 3. The van der Waals surface area contributed by atoms with E-state index >= 15 is 0 Å². The molecule has 4 aliphatic rings. The van der Waals surface area contributed by atoms with E-state index in [4.69, 9.17) is 31.0 Å². The molecular weight excluding hydrogens is 579 g/mol. The Morgan fingerprint density at radius 2 is 1.98 bits per heavy atom. The number of aryl methyl sites for hydroxylation is 1. The van der Waals surface area contributed by atoms with Crippen molar-refractivity contribution in [3.63, 3.8) is 0 Å². The first kappa shape index (κ1) is 29.7. The van der Waals surface area contributed by atoms with E-state index in [1.54, 1.807) is 6.07 Å². The number of imide groups is 1. The molecule has 0 saturated carbocycles. The number of carbonyl (C=O) groups is 2. The summed E-state index contributed by atoms with van der Waals surface area (Å²) >= 11 is 6.50. The van der Waals surface area contributed by atoms with Crippen LogP contribution in [0.1, 0.15) is 61.8 Å². The van der Waals surface area contributed by atoms with E-state index in [9.17, 15) is 19.1 Å². The monoisotopic (exact) mass is 616 g/mol. The van der Waals surface area contributed by atoms with Crippen LogP contribution in [0.25, 0.3) is 0 Å². The fraction of sp³-hybridized carbons (Fsp3) is 0.600. The van der Waals surface area contributed by atoms with Crippen LogP contribution in [0.3, 0.4) is 0 Å². The van der Waals surface area contributed by atoms with Crippen LogP contribution in [0.2, 0.25) is 5.02 Å². The van der Waals surface area contributed by atoms with Crippen LogP contribution in [-0.2, 0) is 24.2 Å². The Kier molecular flexibility index (Phi) is 8.76. The van der Waals surface area contributed by atoms with Crippen LogP contribution in [0.15, 0.2) is 12.1 Å². The number of benzene rings is 1. The third-order valence-corrected chi connectivity index (χ3v) is 9.25. The molecule has 0 radical (unpaired) electrons. The van der Waals surface area contributed by atoms with Crippen molar-refractivity contribution in [3.05, 3.63) is 34.0 Å². The van der Waals surface area contributed by atoms with Crippen LogP contribution in [0, 0.1) is 0 Å². The van der Waals surface area contributed by atoms with Gasteiger partial charge in [0.25, 0.3) is 0 Å². The fourth-order valence-corrected chi connectivity index (χ4v) is 7.13. The zero-order valence-electron chi connectivity index (χ0n) is 24.2. The van der Waals surface area contributed by atoms with Crippen molar-refractivity contribution in [2.24, 2.45) is 0 Å². The molecule has 232 valence electrons. The standard InChI is InChI=1S/C30H38ClFN6O5/c31-23-12-20(39)13-25-21(23)6-2-1-3-7-24-22(17-42-25)27(37-10-5-9-33-28(41)35-26(40)16-37)36-29(34-24)43-18-30-8-4-11-38(30)15-19(32)14-30/h12-13,19,39H,1-11,14-18H2,(H2,33,35,40,41)/t19-,30+/m1/s1. The van der Waals surface area contributed by atoms with E-state index in [1.807, 2.05) is 4.90 Å². The number of anilines is 1. The lowest BCUT2D eigenvalue weighted by Gasteiger charge is -2.31. The quantitative estimate of drug-likeness (QED) is 0.471. The maximum atomic E-state index is 14.4. The summed E-state index contributed by atoms with van der Waals surface area (Å²) in [6.45, 7) is 2.38. The number of amides is 3. The summed E-state index contributed by atoms with van der Waals surface area (Å²) in [5.74, 6) is 0.528. The number of fused-ring (bicyclic) bond motifs is 3. The second-order valence-electron chi connectivity index (χ2n) is 12.0. The number of ether oxygens (including phenoxy) is 2. The van der Waals surface area contributed by atoms with Gasteiger partial charge in [0.05, 0.1) is 28.4 Å². The number of phenolic OH excluding ortho intramolecular Hbond substituents is 1. The molecule has 2 atom stereocenters. The van der Waals surface area contributed by atoms with Gasteiger partial charge in [0.15, 0.2) is 0 Å². The molecule has 3 amide bonds. The first-order chi connectivity index (χ1) is 20.8. The first-order valence-corrected chi connectivity index (χ1v) is 15.6. The molecule has 11 nitrogen and oxygen atoms in total. The number of aromatic nitrogens is 2. The van der Waals surface area contributed by atoms with Gasteiger partial charge in [-0.3, -0.25) is 15.0 Å². The van der Waals surface area contributed by atoms with E-state index in [0.29, 0.717) is 67.5 Å². The molecular formula is C30H38ClFN6O5.